The largest absolute Gasteiger partial charge is 0.353 e. The Hall–Kier alpha value is -2.90. The topological polar surface area (TPSA) is 89.2 Å². The van der Waals surface area contributed by atoms with Crippen molar-refractivity contribution in [3.8, 4) is 0 Å². The maximum atomic E-state index is 12.7. The fourth-order valence-electron chi connectivity index (χ4n) is 4.43. The number of aryl methyl sites for hydroxylation is 2. The normalized spacial score (nSPS) is 17.1. The van der Waals surface area contributed by atoms with E-state index in [2.05, 4.69) is 10.4 Å². The number of carbonyl (C=O) groups excluding carboxylic acids is 2. The van der Waals surface area contributed by atoms with Crippen molar-refractivity contribution in [1.82, 2.24) is 24.6 Å². The van der Waals surface area contributed by atoms with E-state index in [0.29, 0.717) is 26.1 Å². The summed E-state index contributed by atoms with van der Waals surface area (Å²) in [7, 11) is 0. The van der Waals surface area contributed by atoms with Gasteiger partial charge in [-0.2, -0.15) is 5.10 Å². The van der Waals surface area contributed by atoms with E-state index in [1.165, 1.54) is 4.68 Å². The van der Waals surface area contributed by atoms with Crippen LogP contribution in [0.3, 0.4) is 0 Å². The minimum absolute atomic E-state index is 0.00701. The van der Waals surface area contributed by atoms with E-state index in [0.717, 1.165) is 56.3 Å². The summed E-state index contributed by atoms with van der Waals surface area (Å²) in [4.78, 5) is 39.3. The van der Waals surface area contributed by atoms with E-state index in [1.54, 1.807) is 9.47 Å². The first-order chi connectivity index (χ1) is 15.1. The van der Waals surface area contributed by atoms with Crippen molar-refractivity contribution in [2.45, 2.75) is 70.5 Å². The molecule has 0 spiro atoms. The summed E-state index contributed by atoms with van der Waals surface area (Å²) in [6.07, 6.45) is 6.59. The van der Waals surface area contributed by atoms with Crippen molar-refractivity contribution in [2.24, 2.45) is 0 Å². The summed E-state index contributed by atoms with van der Waals surface area (Å²) in [5, 5.41) is 7.51. The summed E-state index contributed by atoms with van der Waals surface area (Å²) in [6.45, 7) is 1.86. The van der Waals surface area contributed by atoms with Crippen LogP contribution in [0.4, 0.5) is 0 Å². The van der Waals surface area contributed by atoms with Crippen LogP contribution in [0.25, 0.3) is 0 Å². The Bertz CT molecular complexity index is 957. The Morgan fingerprint density at radius 1 is 1.03 bits per heavy atom. The molecule has 1 aromatic heterocycles. The molecule has 1 fully saturated rings. The molecular formula is C23H31N5O3. The van der Waals surface area contributed by atoms with E-state index < -0.39 is 0 Å². The number of hydrogen-bond donors (Lipinski definition) is 1. The molecule has 2 amide bonds. The smallest absolute Gasteiger partial charge is 0.346 e. The van der Waals surface area contributed by atoms with Crippen molar-refractivity contribution in [3.63, 3.8) is 0 Å². The van der Waals surface area contributed by atoms with E-state index in [-0.39, 0.29) is 30.1 Å². The molecule has 8 heteroatoms. The maximum absolute atomic E-state index is 12.7. The molecular weight excluding hydrogens is 394 g/mol. The second kappa shape index (κ2) is 9.94. The third-order valence-corrected chi connectivity index (χ3v) is 6.26. The van der Waals surface area contributed by atoms with Crippen molar-refractivity contribution in [1.29, 1.82) is 0 Å². The molecule has 0 atom stereocenters. The molecule has 2 aliphatic rings. The number of carbonyl (C=O) groups is 2. The Morgan fingerprint density at radius 3 is 2.58 bits per heavy atom. The number of likely N-dealkylation sites (tertiary alicyclic amines) is 1. The predicted octanol–water partition coefficient (Wildman–Crippen LogP) is 1.51. The summed E-state index contributed by atoms with van der Waals surface area (Å²) in [5.74, 6) is 0.774. The fraction of sp³-hybridized carbons (Fsp3) is 0.565. The van der Waals surface area contributed by atoms with Crippen LogP contribution in [0.1, 0.15) is 49.9 Å². The van der Waals surface area contributed by atoms with E-state index >= 15 is 0 Å². The quantitative estimate of drug-likeness (QED) is 0.760. The van der Waals surface area contributed by atoms with Gasteiger partial charge in [0.1, 0.15) is 12.4 Å². The molecule has 3 heterocycles. The number of nitrogens with one attached hydrogen (secondary N) is 1. The van der Waals surface area contributed by atoms with Gasteiger partial charge in [-0.25, -0.2) is 9.48 Å². The van der Waals surface area contributed by atoms with Crippen molar-refractivity contribution < 1.29 is 9.59 Å². The van der Waals surface area contributed by atoms with Crippen LogP contribution < -0.4 is 11.0 Å². The van der Waals surface area contributed by atoms with Gasteiger partial charge >= 0.3 is 5.69 Å². The average Bonchev–Trinajstić information content (AvgIpc) is 2.94. The zero-order valence-electron chi connectivity index (χ0n) is 18.0. The summed E-state index contributed by atoms with van der Waals surface area (Å²) >= 11 is 0. The van der Waals surface area contributed by atoms with Gasteiger partial charge in [0.25, 0.3) is 0 Å². The third-order valence-electron chi connectivity index (χ3n) is 6.26. The van der Waals surface area contributed by atoms with Crippen LogP contribution in [0.15, 0.2) is 35.1 Å². The number of hydrogen-bond acceptors (Lipinski definition) is 4. The van der Waals surface area contributed by atoms with E-state index in [4.69, 9.17) is 0 Å². The minimum Gasteiger partial charge on any atom is -0.353 e. The van der Waals surface area contributed by atoms with Crippen molar-refractivity contribution in [2.75, 3.05) is 13.1 Å². The number of benzene rings is 1. The highest BCUT2D eigenvalue weighted by molar-refractivity contribution is 5.77. The van der Waals surface area contributed by atoms with Gasteiger partial charge in [-0.1, -0.05) is 36.8 Å². The predicted molar refractivity (Wildman–Crippen MR) is 117 cm³/mol. The number of fused-ring (bicyclic) bond motifs is 1. The van der Waals surface area contributed by atoms with Crippen LogP contribution >= 0.6 is 0 Å². The Kier molecular flexibility index (Phi) is 6.84. The average molecular weight is 426 g/mol. The molecule has 0 radical (unpaired) electrons. The lowest BCUT2D eigenvalue weighted by molar-refractivity contribution is -0.133. The highest BCUT2D eigenvalue weighted by Gasteiger charge is 2.25. The Labute approximate surface area is 182 Å². The van der Waals surface area contributed by atoms with Gasteiger partial charge in [-0.05, 0) is 37.7 Å². The number of piperidine rings is 1. The second-order valence-electron chi connectivity index (χ2n) is 8.53. The van der Waals surface area contributed by atoms with Gasteiger partial charge in [-0.15, -0.1) is 0 Å². The molecule has 0 bridgehead atoms. The van der Waals surface area contributed by atoms with Crippen LogP contribution in [-0.2, 0) is 35.5 Å². The van der Waals surface area contributed by atoms with Crippen LogP contribution in [-0.4, -0.2) is 50.2 Å². The third kappa shape index (κ3) is 5.42. The van der Waals surface area contributed by atoms with Gasteiger partial charge in [-0.3, -0.25) is 14.2 Å². The van der Waals surface area contributed by atoms with Crippen LogP contribution in [0.2, 0.25) is 0 Å². The van der Waals surface area contributed by atoms with Crippen molar-refractivity contribution >= 4 is 11.8 Å². The molecule has 0 saturated carbocycles. The molecule has 0 aliphatic carbocycles. The number of rotatable bonds is 6. The van der Waals surface area contributed by atoms with Crippen LogP contribution in [0, 0.1) is 0 Å². The molecule has 2 aromatic rings. The highest BCUT2D eigenvalue weighted by Crippen LogP contribution is 2.13. The Balaban J connectivity index is 1.23. The number of aromatic nitrogens is 3. The summed E-state index contributed by atoms with van der Waals surface area (Å²) < 4.78 is 3.04. The highest BCUT2D eigenvalue weighted by atomic mass is 16.2. The first kappa shape index (κ1) is 21.3. The van der Waals surface area contributed by atoms with Gasteiger partial charge in [0.2, 0.25) is 11.8 Å². The van der Waals surface area contributed by atoms with Gasteiger partial charge in [0.05, 0.1) is 0 Å². The molecule has 166 valence electrons. The number of amides is 2. The molecule has 31 heavy (non-hydrogen) atoms. The maximum Gasteiger partial charge on any atom is 0.346 e. The lowest BCUT2D eigenvalue weighted by Crippen LogP contribution is -2.47. The molecule has 2 aliphatic heterocycles. The minimum atomic E-state index is -0.175. The van der Waals surface area contributed by atoms with E-state index in [1.807, 2.05) is 30.3 Å². The molecule has 0 unspecified atom stereocenters. The van der Waals surface area contributed by atoms with Gasteiger partial charge < -0.3 is 10.2 Å². The first-order valence-corrected chi connectivity index (χ1v) is 11.4. The summed E-state index contributed by atoms with van der Waals surface area (Å²) in [6, 6.07) is 10.1. The van der Waals surface area contributed by atoms with Crippen molar-refractivity contribution in [3.05, 3.63) is 52.2 Å². The first-order valence-electron chi connectivity index (χ1n) is 11.4. The zero-order chi connectivity index (χ0) is 21.6. The van der Waals surface area contributed by atoms with Gasteiger partial charge in [0, 0.05) is 38.5 Å². The summed E-state index contributed by atoms with van der Waals surface area (Å²) in [5.41, 5.74) is 0.982. The van der Waals surface area contributed by atoms with Gasteiger partial charge in [0.15, 0.2) is 0 Å². The molecule has 1 saturated heterocycles. The second-order valence-corrected chi connectivity index (χ2v) is 8.53. The lowest BCUT2D eigenvalue weighted by atomic mass is 10.0. The SMILES string of the molecule is O=C(CCc1ccccc1)NC1CCN(C(=O)Cn2nc3n(c2=O)CCCCC3)CC1. The zero-order valence-corrected chi connectivity index (χ0v) is 18.0. The standard InChI is InChI=1S/C23H31N5O3/c29-21(11-10-18-7-3-1-4-8-18)24-19-12-15-26(16-13-19)22(30)17-28-23(31)27-14-6-2-5-9-20(27)25-28/h1,3-4,7-8,19H,2,5-6,9-17H2,(H,24,29). The molecule has 8 nitrogen and oxygen atoms in total. The number of nitrogens with zero attached hydrogens (tertiary/aromatic N) is 4. The monoisotopic (exact) mass is 425 g/mol. The Morgan fingerprint density at radius 2 is 1.81 bits per heavy atom. The molecule has 4 rings (SSSR count). The lowest BCUT2D eigenvalue weighted by Gasteiger charge is -2.32. The van der Waals surface area contributed by atoms with E-state index in [9.17, 15) is 14.4 Å². The fourth-order valence-corrected chi connectivity index (χ4v) is 4.43. The molecule has 1 aromatic carbocycles. The van der Waals surface area contributed by atoms with Crippen LogP contribution in [0.5, 0.6) is 0 Å². The molecule has 1 N–H and O–H groups in total.